The Bertz CT molecular complexity index is 83.7. The Morgan fingerprint density at radius 3 is 2.90 bits per heavy atom. The van der Waals surface area contributed by atoms with Crippen molar-refractivity contribution in [2.75, 3.05) is 30.0 Å². The van der Waals surface area contributed by atoms with E-state index < -0.39 is 0 Å². The van der Waals surface area contributed by atoms with Gasteiger partial charge < -0.3 is 0 Å². The molecule has 0 aromatic rings. The summed E-state index contributed by atoms with van der Waals surface area (Å²) in [5, 5.41) is 1.16. The highest BCUT2D eigenvalue weighted by atomic mass is 79.9. The molecule has 0 unspecified atom stereocenters. The van der Waals surface area contributed by atoms with Crippen LogP contribution in [-0.2, 0) is 0 Å². The third-order valence-corrected chi connectivity index (χ3v) is 3.26. The van der Waals surface area contributed by atoms with Crippen molar-refractivity contribution in [1.29, 1.82) is 0 Å². The lowest BCUT2D eigenvalue weighted by molar-refractivity contribution is 0.349. The van der Waals surface area contributed by atoms with Crippen LogP contribution in [0.5, 0.6) is 0 Å². The van der Waals surface area contributed by atoms with Gasteiger partial charge in [0.25, 0.3) is 0 Å². The van der Waals surface area contributed by atoms with Crippen molar-refractivity contribution >= 4 is 27.7 Å². The van der Waals surface area contributed by atoms with E-state index in [1.165, 1.54) is 37.6 Å². The molecule has 0 saturated carbocycles. The second-order valence-electron chi connectivity index (χ2n) is 2.55. The molecule has 10 heavy (non-hydrogen) atoms. The van der Waals surface area contributed by atoms with E-state index >= 15 is 0 Å². The zero-order valence-electron chi connectivity index (χ0n) is 6.18. The predicted molar refractivity (Wildman–Crippen MR) is 51.9 cm³/mol. The maximum Gasteiger partial charge on any atom is 0.0445 e. The first kappa shape index (κ1) is 8.88. The molecule has 1 heterocycles. The van der Waals surface area contributed by atoms with Gasteiger partial charge in [0.1, 0.15) is 0 Å². The Balaban J connectivity index is 1.91. The van der Waals surface area contributed by atoms with Crippen molar-refractivity contribution in [3.8, 4) is 0 Å². The highest BCUT2D eigenvalue weighted by Crippen LogP contribution is 2.13. The number of alkyl halides is 1. The van der Waals surface area contributed by atoms with E-state index in [4.69, 9.17) is 0 Å². The van der Waals surface area contributed by atoms with Gasteiger partial charge >= 0.3 is 0 Å². The zero-order chi connectivity index (χ0) is 7.23. The van der Waals surface area contributed by atoms with E-state index in [0.717, 1.165) is 5.33 Å². The van der Waals surface area contributed by atoms with Crippen molar-refractivity contribution in [1.82, 2.24) is 4.90 Å². The first-order valence-corrected chi connectivity index (χ1v) is 6.07. The molecule has 0 spiro atoms. The molecular weight excluding hydrogens is 210 g/mol. The van der Waals surface area contributed by atoms with Crippen LogP contribution in [0.4, 0.5) is 0 Å². The van der Waals surface area contributed by atoms with E-state index in [9.17, 15) is 0 Å². The SMILES string of the molecule is BrCCCCN1CCSC1. The Kier molecular flexibility index (Phi) is 4.83. The van der Waals surface area contributed by atoms with E-state index in [-0.39, 0.29) is 0 Å². The summed E-state index contributed by atoms with van der Waals surface area (Å²) in [6, 6.07) is 0. The molecule has 1 nitrogen and oxygen atoms in total. The quantitative estimate of drug-likeness (QED) is 0.531. The molecule has 0 aromatic carbocycles. The normalized spacial score (nSPS) is 20.1. The molecule has 1 rings (SSSR count). The van der Waals surface area contributed by atoms with Crippen LogP contribution in [0.3, 0.4) is 0 Å². The summed E-state index contributed by atoms with van der Waals surface area (Å²) in [6.45, 7) is 2.62. The number of nitrogens with zero attached hydrogens (tertiary/aromatic N) is 1. The van der Waals surface area contributed by atoms with Gasteiger partial charge in [-0.3, -0.25) is 4.90 Å². The fraction of sp³-hybridized carbons (Fsp3) is 1.00. The van der Waals surface area contributed by atoms with Crippen molar-refractivity contribution in [2.24, 2.45) is 0 Å². The summed E-state index contributed by atoms with van der Waals surface area (Å²) in [4.78, 5) is 2.54. The highest BCUT2D eigenvalue weighted by Gasteiger charge is 2.09. The first-order valence-electron chi connectivity index (χ1n) is 3.79. The molecule has 0 N–H and O–H groups in total. The number of hydrogen-bond donors (Lipinski definition) is 0. The fourth-order valence-electron chi connectivity index (χ4n) is 1.06. The van der Waals surface area contributed by atoms with Crippen LogP contribution in [-0.4, -0.2) is 34.9 Å². The molecule has 0 radical (unpaired) electrons. The minimum absolute atomic E-state index is 1.16. The topological polar surface area (TPSA) is 3.24 Å². The number of rotatable bonds is 4. The van der Waals surface area contributed by atoms with Crippen LogP contribution in [0, 0.1) is 0 Å². The van der Waals surface area contributed by atoms with Crippen molar-refractivity contribution in [3.63, 3.8) is 0 Å². The maximum absolute atomic E-state index is 3.44. The molecule has 1 saturated heterocycles. The largest absolute Gasteiger partial charge is 0.293 e. The van der Waals surface area contributed by atoms with Crippen LogP contribution in [0.1, 0.15) is 12.8 Å². The average molecular weight is 224 g/mol. The van der Waals surface area contributed by atoms with Gasteiger partial charge in [0.2, 0.25) is 0 Å². The second kappa shape index (κ2) is 5.44. The minimum atomic E-state index is 1.16. The highest BCUT2D eigenvalue weighted by molar-refractivity contribution is 9.09. The van der Waals surface area contributed by atoms with E-state index in [0.29, 0.717) is 0 Å². The molecule has 3 heteroatoms. The van der Waals surface area contributed by atoms with Gasteiger partial charge in [0.05, 0.1) is 0 Å². The van der Waals surface area contributed by atoms with Gasteiger partial charge in [0, 0.05) is 23.5 Å². The standard InChI is InChI=1S/C7H14BrNS/c8-3-1-2-4-9-5-6-10-7-9/h1-7H2. The lowest BCUT2D eigenvalue weighted by Gasteiger charge is -2.11. The van der Waals surface area contributed by atoms with Crippen molar-refractivity contribution in [2.45, 2.75) is 12.8 Å². The first-order chi connectivity index (χ1) is 4.93. The van der Waals surface area contributed by atoms with Crippen LogP contribution < -0.4 is 0 Å². The monoisotopic (exact) mass is 223 g/mol. The number of unbranched alkanes of at least 4 members (excludes halogenated alkanes) is 1. The van der Waals surface area contributed by atoms with Gasteiger partial charge in [-0.1, -0.05) is 15.9 Å². The molecule has 0 bridgehead atoms. The summed E-state index contributed by atoms with van der Waals surface area (Å²) < 4.78 is 0. The average Bonchev–Trinajstić information content (AvgIpc) is 2.41. The van der Waals surface area contributed by atoms with Gasteiger partial charge in [-0.05, 0) is 19.4 Å². The lowest BCUT2D eigenvalue weighted by atomic mass is 10.3. The third kappa shape index (κ3) is 3.26. The molecule has 1 fully saturated rings. The summed E-state index contributed by atoms with van der Waals surface area (Å²) in [5.41, 5.74) is 0. The molecule has 60 valence electrons. The Hall–Kier alpha value is 0.790. The zero-order valence-corrected chi connectivity index (χ0v) is 8.59. The maximum atomic E-state index is 3.44. The van der Waals surface area contributed by atoms with Crippen LogP contribution >= 0.6 is 27.7 Å². The fourth-order valence-corrected chi connectivity index (χ4v) is 2.49. The summed E-state index contributed by atoms with van der Waals surface area (Å²) in [6.07, 6.45) is 2.67. The molecule has 1 aliphatic heterocycles. The lowest BCUT2D eigenvalue weighted by Crippen LogP contribution is -2.20. The summed E-state index contributed by atoms with van der Waals surface area (Å²) in [7, 11) is 0. The van der Waals surface area contributed by atoms with E-state index in [1.807, 2.05) is 0 Å². The van der Waals surface area contributed by atoms with Crippen LogP contribution in [0.15, 0.2) is 0 Å². The summed E-state index contributed by atoms with van der Waals surface area (Å²) >= 11 is 5.49. The molecule has 1 aliphatic rings. The van der Waals surface area contributed by atoms with Crippen LogP contribution in [0.2, 0.25) is 0 Å². The number of halogens is 1. The third-order valence-electron chi connectivity index (χ3n) is 1.68. The predicted octanol–water partition coefficient (Wildman–Crippen LogP) is 2.17. The van der Waals surface area contributed by atoms with Crippen molar-refractivity contribution in [3.05, 3.63) is 0 Å². The number of hydrogen-bond acceptors (Lipinski definition) is 2. The van der Waals surface area contributed by atoms with Gasteiger partial charge in [-0.25, -0.2) is 0 Å². The van der Waals surface area contributed by atoms with Gasteiger partial charge in [-0.15, -0.1) is 11.8 Å². The number of thioether (sulfide) groups is 1. The molecular formula is C7H14BrNS. The molecule has 0 aromatic heterocycles. The minimum Gasteiger partial charge on any atom is -0.293 e. The van der Waals surface area contributed by atoms with E-state index in [1.54, 1.807) is 0 Å². The molecule has 0 aliphatic carbocycles. The Labute approximate surface area is 75.7 Å². The van der Waals surface area contributed by atoms with Gasteiger partial charge in [-0.2, -0.15) is 0 Å². The second-order valence-corrected chi connectivity index (χ2v) is 4.42. The van der Waals surface area contributed by atoms with E-state index in [2.05, 4.69) is 32.6 Å². The molecule has 0 amide bonds. The van der Waals surface area contributed by atoms with Crippen molar-refractivity contribution < 1.29 is 0 Å². The smallest absolute Gasteiger partial charge is 0.0445 e. The molecule has 0 atom stereocenters. The summed E-state index contributed by atoms with van der Waals surface area (Å²) in [5.74, 6) is 2.61. The Morgan fingerprint density at radius 1 is 1.40 bits per heavy atom. The van der Waals surface area contributed by atoms with Crippen LogP contribution in [0.25, 0.3) is 0 Å². The Morgan fingerprint density at radius 2 is 2.30 bits per heavy atom. The van der Waals surface area contributed by atoms with Gasteiger partial charge in [0.15, 0.2) is 0 Å².